The van der Waals surface area contributed by atoms with Gasteiger partial charge in [-0.15, -0.1) is 0 Å². The number of rotatable bonds is 5. The number of nitrogens with zero attached hydrogens (tertiary/aromatic N) is 3. The number of aromatic nitrogens is 2. The molecule has 8 nitrogen and oxygen atoms in total. The van der Waals surface area contributed by atoms with Crippen molar-refractivity contribution in [3.05, 3.63) is 86.7 Å². The smallest absolute Gasteiger partial charge is 0.271 e. The fourth-order valence-corrected chi connectivity index (χ4v) is 2.67. The third-order valence-electron chi connectivity index (χ3n) is 4.33. The van der Waals surface area contributed by atoms with Gasteiger partial charge in [-0.3, -0.25) is 19.7 Å². The maximum absolute atomic E-state index is 12.7. The molecule has 1 unspecified atom stereocenters. The van der Waals surface area contributed by atoms with Crippen molar-refractivity contribution in [2.45, 2.75) is 19.9 Å². The van der Waals surface area contributed by atoms with Crippen molar-refractivity contribution in [1.29, 1.82) is 0 Å². The Balaban J connectivity index is 1.89. The number of hydrogen-bond acceptors (Lipinski definition) is 5. The number of amides is 1. The van der Waals surface area contributed by atoms with E-state index in [2.05, 4.69) is 10.4 Å². The molecular weight excluding hydrogens is 360 g/mol. The van der Waals surface area contributed by atoms with E-state index in [0.717, 1.165) is 10.2 Å². The van der Waals surface area contributed by atoms with Gasteiger partial charge in [-0.25, -0.2) is 4.68 Å². The van der Waals surface area contributed by atoms with Crippen LogP contribution in [0.5, 0.6) is 0 Å². The number of carbonyl (C=O) groups excluding carboxylic acids is 1. The van der Waals surface area contributed by atoms with Gasteiger partial charge in [-0.05, 0) is 25.5 Å². The normalized spacial score (nSPS) is 11.6. The van der Waals surface area contributed by atoms with E-state index in [1.807, 2.05) is 30.3 Å². The first-order chi connectivity index (χ1) is 13.4. The predicted octanol–water partition coefficient (Wildman–Crippen LogP) is 3.33. The molecule has 0 saturated carbocycles. The summed E-state index contributed by atoms with van der Waals surface area (Å²) >= 11 is 0. The summed E-state index contributed by atoms with van der Waals surface area (Å²) in [5, 5.41) is 17.9. The van der Waals surface area contributed by atoms with Gasteiger partial charge in [-0.1, -0.05) is 36.4 Å². The molecule has 3 rings (SSSR count). The maximum atomic E-state index is 12.7. The molecular formula is C20H18N4O4. The molecule has 8 heteroatoms. The molecule has 142 valence electrons. The molecule has 0 radical (unpaired) electrons. The Morgan fingerprint density at radius 1 is 1.14 bits per heavy atom. The van der Waals surface area contributed by atoms with Crippen LogP contribution in [0.3, 0.4) is 0 Å². The summed E-state index contributed by atoms with van der Waals surface area (Å²) in [7, 11) is 0. The minimum absolute atomic E-state index is 0.130. The highest BCUT2D eigenvalue weighted by molar-refractivity contribution is 5.94. The van der Waals surface area contributed by atoms with Gasteiger partial charge in [0.05, 0.1) is 16.3 Å². The lowest BCUT2D eigenvalue weighted by atomic mass is 10.1. The molecule has 0 bridgehead atoms. The van der Waals surface area contributed by atoms with Crippen molar-refractivity contribution in [3.8, 4) is 11.3 Å². The van der Waals surface area contributed by atoms with Gasteiger partial charge in [0.25, 0.3) is 11.2 Å². The first kappa shape index (κ1) is 19.0. The largest absolute Gasteiger partial charge is 0.324 e. The highest BCUT2D eigenvalue weighted by Crippen LogP contribution is 2.23. The molecule has 1 N–H and O–H groups in total. The fraction of sp³-hybridized carbons (Fsp3) is 0.150. The number of hydrogen-bond donors (Lipinski definition) is 1. The van der Waals surface area contributed by atoms with Crippen LogP contribution in [0.4, 0.5) is 11.4 Å². The lowest BCUT2D eigenvalue weighted by molar-refractivity contribution is -0.384. The van der Waals surface area contributed by atoms with Gasteiger partial charge in [-0.2, -0.15) is 5.10 Å². The minimum atomic E-state index is -0.908. The van der Waals surface area contributed by atoms with E-state index in [1.54, 1.807) is 26.0 Å². The Hall–Kier alpha value is -3.81. The topological polar surface area (TPSA) is 107 Å². The monoisotopic (exact) mass is 378 g/mol. The zero-order valence-corrected chi connectivity index (χ0v) is 15.3. The lowest BCUT2D eigenvalue weighted by Crippen LogP contribution is -2.33. The maximum Gasteiger partial charge on any atom is 0.271 e. The molecule has 3 aromatic rings. The third kappa shape index (κ3) is 3.96. The number of anilines is 1. The number of benzene rings is 2. The standard InChI is InChI=1S/C20H18N4O4/c1-13-8-9-16(24(27)28)12-18(13)21-20(26)14(2)23-19(25)11-10-17(22-23)15-6-4-3-5-7-15/h3-12,14H,1-2H3,(H,21,26). The van der Waals surface area contributed by atoms with Crippen LogP contribution in [0.25, 0.3) is 11.3 Å². The molecule has 2 aromatic carbocycles. The summed E-state index contributed by atoms with van der Waals surface area (Å²) in [6, 6.07) is 15.6. The summed E-state index contributed by atoms with van der Waals surface area (Å²) in [4.78, 5) is 35.3. The SMILES string of the molecule is Cc1ccc([N+](=O)[O-])cc1NC(=O)C(C)n1nc(-c2ccccc2)ccc1=O. The number of nitrogens with one attached hydrogen (secondary N) is 1. The first-order valence-corrected chi connectivity index (χ1v) is 8.58. The quantitative estimate of drug-likeness (QED) is 0.541. The molecule has 1 heterocycles. The second kappa shape index (κ2) is 7.83. The van der Waals surface area contributed by atoms with E-state index in [9.17, 15) is 19.7 Å². The van der Waals surface area contributed by atoms with Gasteiger partial charge < -0.3 is 5.32 Å². The van der Waals surface area contributed by atoms with Crippen LogP contribution in [0, 0.1) is 17.0 Å². The van der Waals surface area contributed by atoms with Crippen LogP contribution in [-0.2, 0) is 4.79 Å². The molecule has 0 fully saturated rings. The van der Waals surface area contributed by atoms with Crippen LogP contribution in [0.15, 0.2) is 65.5 Å². The third-order valence-corrected chi connectivity index (χ3v) is 4.33. The Labute approximate surface area is 160 Å². The molecule has 0 aliphatic carbocycles. The van der Waals surface area contributed by atoms with E-state index in [-0.39, 0.29) is 5.69 Å². The molecule has 1 amide bonds. The van der Waals surface area contributed by atoms with Crippen molar-refractivity contribution >= 4 is 17.3 Å². The van der Waals surface area contributed by atoms with Gasteiger partial charge in [0.15, 0.2) is 0 Å². The summed E-state index contributed by atoms with van der Waals surface area (Å²) in [5.41, 5.74) is 1.82. The van der Waals surface area contributed by atoms with E-state index in [1.165, 1.54) is 18.2 Å². The summed E-state index contributed by atoms with van der Waals surface area (Å²) < 4.78 is 1.10. The summed E-state index contributed by atoms with van der Waals surface area (Å²) in [6.07, 6.45) is 0. The average Bonchev–Trinajstić information content (AvgIpc) is 2.70. The Morgan fingerprint density at radius 3 is 2.54 bits per heavy atom. The molecule has 0 spiro atoms. The van der Waals surface area contributed by atoms with Crippen LogP contribution in [-0.4, -0.2) is 20.6 Å². The summed E-state index contributed by atoms with van der Waals surface area (Å²) in [6.45, 7) is 3.27. The van der Waals surface area contributed by atoms with Crippen molar-refractivity contribution in [1.82, 2.24) is 9.78 Å². The average molecular weight is 378 g/mol. The highest BCUT2D eigenvalue weighted by atomic mass is 16.6. The Bertz CT molecular complexity index is 1090. The number of nitro groups is 1. The molecule has 0 aliphatic rings. The number of nitro benzene ring substituents is 1. The predicted molar refractivity (Wildman–Crippen MR) is 105 cm³/mol. The molecule has 1 atom stereocenters. The van der Waals surface area contributed by atoms with E-state index < -0.39 is 22.4 Å². The van der Waals surface area contributed by atoms with E-state index in [4.69, 9.17) is 0 Å². The van der Waals surface area contributed by atoms with Gasteiger partial charge in [0.1, 0.15) is 6.04 Å². The van der Waals surface area contributed by atoms with Crippen molar-refractivity contribution in [2.24, 2.45) is 0 Å². The minimum Gasteiger partial charge on any atom is -0.324 e. The molecule has 0 saturated heterocycles. The fourth-order valence-electron chi connectivity index (χ4n) is 2.67. The van der Waals surface area contributed by atoms with Crippen molar-refractivity contribution in [2.75, 3.05) is 5.32 Å². The zero-order chi connectivity index (χ0) is 20.3. The van der Waals surface area contributed by atoms with Gasteiger partial charge in [0.2, 0.25) is 5.91 Å². The van der Waals surface area contributed by atoms with Crippen LogP contribution in [0.1, 0.15) is 18.5 Å². The number of carbonyl (C=O) groups is 1. The molecule has 28 heavy (non-hydrogen) atoms. The van der Waals surface area contributed by atoms with Gasteiger partial charge >= 0.3 is 0 Å². The Kier molecular flexibility index (Phi) is 5.30. The lowest BCUT2D eigenvalue weighted by Gasteiger charge is -2.16. The highest BCUT2D eigenvalue weighted by Gasteiger charge is 2.20. The van der Waals surface area contributed by atoms with Crippen molar-refractivity contribution < 1.29 is 9.72 Å². The van der Waals surface area contributed by atoms with E-state index >= 15 is 0 Å². The molecule has 1 aromatic heterocycles. The Morgan fingerprint density at radius 2 is 1.86 bits per heavy atom. The van der Waals surface area contributed by atoms with E-state index in [0.29, 0.717) is 16.9 Å². The first-order valence-electron chi connectivity index (χ1n) is 8.58. The number of aryl methyl sites for hydroxylation is 1. The molecule has 0 aliphatic heterocycles. The van der Waals surface area contributed by atoms with Crippen LogP contribution in [0.2, 0.25) is 0 Å². The second-order valence-electron chi connectivity index (χ2n) is 6.29. The van der Waals surface area contributed by atoms with Crippen LogP contribution < -0.4 is 10.9 Å². The van der Waals surface area contributed by atoms with Gasteiger partial charge in [0, 0.05) is 23.8 Å². The zero-order valence-electron chi connectivity index (χ0n) is 15.3. The summed E-state index contributed by atoms with van der Waals surface area (Å²) in [5.74, 6) is -0.497. The van der Waals surface area contributed by atoms with Crippen LogP contribution >= 0.6 is 0 Å². The second-order valence-corrected chi connectivity index (χ2v) is 6.29. The number of non-ortho nitro benzene ring substituents is 1. The van der Waals surface area contributed by atoms with Crippen molar-refractivity contribution in [3.63, 3.8) is 0 Å².